The molecule has 3 heteroatoms. The molecule has 0 heterocycles. The summed E-state index contributed by atoms with van der Waals surface area (Å²) in [5.41, 5.74) is 0.590. The molecule has 1 aromatic rings. The van der Waals surface area contributed by atoms with Gasteiger partial charge in [-0.25, -0.2) is 8.78 Å². The summed E-state index contributed by atoms with van der Waals surface area (Å²) in [5, 5.41) is 3.23. The number of nitrogens with one attached hydrogen (secondary N) is 1. The van der Waals surface area contributed by atoms with Gasteiger partial charge in [0, 0.05) is 6.07 Å². The van der Waals surface area contributed by atoms with Gasteiger partial charge in [-0.3, -0.25) is 0 Å². The van der Waals surface area contributed by atoms with Crippen LogP contribution in [0.5, 0.6) is 0 Å². The van der Waals surface area contributed by atoms with Crippen LogP contribution in [0.4, 0.5) is 8.78 Å². The second-order valence-electron chi connectivity index (χ2n) is 4.24. The SMILES string of the molecule is CCNCC(C)C(C)c1ccc(F)cc1F. The number of hydrogen-bond donors (Lipinski definition) is 1. The van der Waals surface area contributed by atoms with Gasteiger partial charge >= 0.3 is 0 Å². The molecule has 0 saturated carbocycles. The molecule has 0 aliphatic rings. The first-order valence-corrected chi connectivity index (χ1v) is 5.72. The normalized spacial score (nSPS) is 14.8. The molecule has 0 aromatic heterocycles. The molecule has 0 aliphatic heterocycles. The van der Waals surface area contributed by atoms with Crippen molar-refractivity contribution in [2.24, 2.45) is 5.92 Å². The average molecular weight is 227 g/mol. The first-order chi connectivity index (χ1) is 7.56. The Kier molecular flexibility index (Phi) is 4.87. The molecule has 2 unspecified atom stereocenters. The lowest BCUT2D eigenvalue weighted by Gasteiger charge is -2.21. The van der Waals surface area contributed by atoms with E-state index in [1.807, 2.05) is 13.8 Å². The van der Waals surface area contributed by atoms with Gasteiger partial charge in [0.2, 0.25) is 0 Å². The lowest BCUT2D eigenvalue weighted by Crippen LogP contribution is -2.24. The molecule has 1 N–H and O–H groups in total. The Morgan fingerprint density at radius 1 is 1.25 bits per heavy atom. The molecule has 0 aliphatic carbocycles. The molecule has 0 bridgehead atoms. The van der Waals surface area contributed by atoms with Gasteiger partial charge in [-0.1, -0.05) is 26.8 Å². The van der Waals surface area contributed by atoms with E-state index >= 15 is 0 Å². The quantitative estimate of drug-likeness (QED) is 0.813. The van der Waals surface area contributed by atoms with Crippen LogP contribution in [-0.4, -0.2) is 13.1 Å². The number of rotatable bonds is 5. The van der Waals surface area contributed by atoms with Crippen LogP contribution in [0.2, 0.25) is 0 Å². The molecule has 90 valence electrons. The van der Waals surface area contributed by atoms with Gasteiger partial charge in [0.1, 0.15) is 11.6 Å². The molecular weight excluding hydrogens is 208 g/mol. The van der Waals surface area contributed by atoms with Crippen molar-refractivity contribution >= 4 is 0 Å². The zero-order chi connectivity index (χ0) is 12.1. The van der Waals surface area contributed by atoms with Gasteiger partial charge in [-0.15, -0.1) is 0 Å². The van der Waals surface area contributed by atoms with Crippen molar-refractivity contribution in [2.45, 2.75) is 26.7 Å². The molecule has 1 aromatic carbocycles. The summed E-state index contributed by atoms with van der Waals surface area (Å²) in [6, 6.07) is 3.80. The monoisotopic (exact) mass is 227 g/mol. The summed E-state index contributed by atoms with van der Waals surface area (Å²) < 4.78 is 26.3. The van der Waals surface area contributed by atoms with Crippen molar-refractivity contribution < 1.29 is 8.78 Å². The molecule has 0 spiro atoms. The first kappa shape index (κ1) is 13.1. The average Bonchev–Trinajstić information content (AvgIpc) is 2.25. The van der Waals surface area contributed by atoms with Gasteiger partial charge < -0.3 is 5.32 Å². The first-order valence-electron chi connectivity index (χ1n) is 5.72. The highest BCUT2D eigenvalue weighted by Crippen LogP contribution is 2.26. The van der Waals surface area contributed by atoms with E-state index in [1.54, 1.807) is 0 Å². The summed E-state index contributed by atoms with van der Waals surface area (Å²) in [6.07, 6.45) is 0. The minimum absolute atomic E-state index is 0.0830. The van der Waals surface area contributed by atoms with Crippen LogP contribution in [0, 0.1) is 17.6 Å². The van der Waals surface area contributed by atoms with E-state index in [2.05, 4.69) is 12.2 Å². The van der Waals surface area contributed by atoms with Crippen LogP contribution in [-0.2, 0) is 0 Å². The molecular formula is C13H19F2N. The summed E-state index contributed by atoms with van der Waals surface area (Å²) in [7, 11) is 0. The molecule has 0 radical (unpaired) electrons. The summed E-state index contributed by atoms with van der Waals surface area (Å²) in [4.78, 5) is 0. The number of halogens is 2. The highest BCUT2D eigenvalue weighted by atomic mass is 19.1. The summed E-state index contributed by atoms with van der Waals surface area (Å²) in [6.45, 7) is 7.82. The van der Waals surface area contributed by atoms with Crippen LogP contribution in [0.3, 0.4) is 0 Å². The molecule has 0 saturated heterocycles. The van der Waals surface area contributed by atoms with E-state index in [0.717, 1.165) is 19.2 Å². The maximum absolute atomic E-state index is 13.5. The highest BCUT2D eigenvalue weighted by molar-refractivity contribution is 5.22. The third-order valence-corrected chi connectivity index (χ3v) is 3.02. The van der Waals surface area contributed by atoms with Gasteiger partial charge in [-0.05, 0) is 36.6 Å². The van der Waals surface area contributed by atoms with Crippen molar-refractivity contribution in [2.75, 3.05) is 13.1 Å². The molecule has 0 fully saturated rings. The fourth-order valence-corrected chi connectivity index (χ4v) is 1.73. The van der Waals surface area contributed by atoms with Crippen molar-refractivity contribution in [3.05, 3.63) is 35.4 Å². The Labute approximate surface area is 95.9 Å². The second-order valence-corrected chi connectivity index (χ2v) is 4.24. The highest BCUT2D eigenvalue weighted by Gasteiger charge is 2.17. The lowest BCUT2D eigenvalue weighted by molar-refractivity contribution is 0.437. The third kappa shape index (κ3) is 3.27. The van der Waals surface area contributed by atoms with Crippen molar-refractivity contribution in [1.29, 1.82) is 0 Å². The second kappa shape index (κ2) is 5.94. The summed E-state index contributed by atoms with van der Waals surface area (Å²) in [5.74, 6) is -0.566. The summed E-state index contributed by atoms with van der Waals surface area (Å²) >= 11 is 0. The fourth-order valence-electron chi connectivity index (χ4n) is 1.73. The molecule has 0 amide bonds. The van der Waals surface area contributed by atoms with Gasteiger partial charge in [0.25, 0.3) is 0 Å². The molecule has 2 atom stereocenters. The Bertz CT molecular complexity index is 339. The van der Waals surface area contributed by atoms with E-state index in [1.165, 1.54) is 12.1 Å². The van der Waals surface area contributed by atoms with Gasteiger partial charge in [0.05, 0.1) is 0 Å². The zero-order valence-corrected chi connectivity index (χ0v) is 10.1. The van der Waals surface area contributed by atoms with Crippen LogP contribution in [0.1, 0.15) is 32.3 Å². The maximum Gasteiger partial charge on any atom is 0.129 e. The predicted octanol–water partition coefficient (Wildman–Crippen LogP) is 3.31. The van der Waals surface area contributed by atoms with Crippen LogP contribution < -0.4 is 5.32 Å². The Balaban J connectivity index is 2.75. The lowest BCUT2D eigenvalue weighted by atomic mass is 9.88. The van der Waals surface area contributed by atoms with E-state index < -0.39 is 11.6 Å². The maximum atomic E-state index is 13.5. The fraction of sp³-hybridized carbons (Fsp3) is 0.538. The molecule has 16 heavy (non-hydrogen) atoms. The van der Waals surface area contributed by atoms with Crippen molar-refractivity contribution in [3.8, 4) is 0 Å². The molecule has 1 nitrogen and oxygen atoms in total. The topological polar surface area (TPSA) is 12.0 Å². The Morgan fingerprint density at radius 3 is 2.50 bits per heavy atom. The minimum Gasteiger partial charge on any atom is -0.317 e. The predicted molar refractivity (Wildman–Crippen MR) is 62.5 cm³/mol. The van der Waals surface area contributed by atoms with Gasteiger partial charge in [0.15, 0.2) is 0 Å². The Morgan fingerprint density at radius 2 is 1.94 bits per heavy atom. The van der Waals surface area contributed by atoms with Crippen LogP contribution in [0.25, 0.3) is 0 Å². The smallest absolute Gasteiger partial charge is 0.129 e. The van der Waals surface area contributed by atoms with E-state index in [4.69, 9.17) is 0 Å². The van der Waals surface area contributed by atoms with Crippen molar-refractivity contribution in [3.63, 3.8) is 0 Å². The van der Waals surface area contributed by atoms with Crippen LogP contribution >= 0.6 is 0 Å². The number of benzene rings is 1. The molecule has 1 rings (SSSR count). The zero-order valence-electron chi connectivity index (χ0n) is 10.1. The van der Waals surface area contributed by atoms with E-state index in [-0.39, 0.29) is 5.92 Å². The number of hydrogen-bond acceptors (Lipinski definition) is 1. The van der Waals surface area contributed by atoms with Gasteiger partial charge in [-0.2, -0.15) is 0 Å². The van der Waals surface area contributed by atoms with E-state index in [9.17, 15) is 8.78 Å². The minimum atomic E-state index is -0.521. The van der Waals surface area contributed by atoms with E-state index in [0.29, 0.717) is 11.5 Å². The standard InChI is InChI=1S/C13H19F2N/c1-4-16-8-9(2)10(3)12-6-5-11(14)7-13(12)15/h5-7,9-10,16H,4,8H2,1-3H3. The Hall–Kier alpha value is -0.960. The largest absolute Gasteiger partial charge is 0.317 e. The van der Waals surface area contributed by atoms with Crippen molar-refractivity contribution in [1.82, 2.24) is 5.32 Å². The third-order valence-electron chi connectivity index (χ3n) is 3.02. The van der Waals surface area contributed by atoms with Crippen LogP contribution in [0.15, 0.2) is 18.2 Å².